The highest BCUT2D eigenvalue weighted by atomic mass is 35.5. The van der Waals surface area contributed by atoms with Gasteiger partial charge in [0.2, 0.25) is 0 Å². The summed E-state index contributed by atoms with van der Waals surface area (Å²) >= 11 is 5.90. The molecule has 0 fully saturated rings. The third-order valence-corrected chi connectivity index (χ3v) is 4.35. The van der Waals surface area contributed by atoms with Crippen molar-refractivity contribution in [3.63, 3.8) is 0 Å². The lowest BCUT2D eigenvalue weighted by atomic mass is 9.95. The third kappa shape index (κ3) is 3.51. The average Bonchev–Trinajstić information content (AvgIpc) is 2.68. The predicted octanol–water partition coefficient (Wildman–Crippen LogP) is 5.75. The third-order valence-electron chi connectivity index (χ3n) is 4.04. The lowest BCUT2D eigenvalue weighted by Crippen LogP contribution is -1.89. The molecule has 0 unspecified atom stereocenters. The Balaban J connectivity index is 2.07. The minimum Gasteiger partial charge on any atom is -0.506 e. The van der Waals surface area contributed by atoms with E-state index in [0.717, 1.165) is 16.7 Å². The standard InChI is InChI=1S/C22H15ClN2O/c23-21-11-18(13-24)17(12-22(21)26)10-9-16-7-4-8-19(20(16)14-25)15-5-2-1-3-6-15/h1-13,24,26H/b10-9+,24-13?. The van der Waals surface area contributed by atoms with Crippen LogP contribution in [0.4, 0.5) is 0 Å². The summed E-state index contributed by atoms with van der Waals surface area (Å²) in [5.74, 6) is -0.0459. The second-order valence-electron chi connectivity index (χ2n) is 5.66. The van der Waals surface area contributed by atoms with Gasteiger partial charge in [-0.3, -0.25) is 0 Å². The van der Waals surface area contributed by atoms with Crippen LogP contribution in [0, 0.1) is 16.7 Å². The Bertz CT molecular complexity index is 1030. The highest BCUT2D eigenvalue weighted by molar-refractivity contribution is 6.32. The van der Waals surface area contributed by atoms with Gasteiger partial charge in [-0.25, -0.2) is 0 Å². The summed E-state index contributed by atoms with van der Waals surface area (Å²) < 4.78 is 0. The maximum atomic E-state index is 9.82. The summed E-state index contributed by atoms with van der Waals surface area (Å²) in [6.45, 7) is 0. The summed E-state index contributed by atoms with van der Waals surface area (Å²) in [7, 11) is 0. The fraction of sp³-hybridized carbons (Fsp3) is 0. The summed E-state index contributed by atoms with van der Waals surface area (Å²) in [5, 5.41) is 27.2. The van der Waals surface area contributed by atoms with Gasteiger partial charge >= 0.3 is 0 Å². The lowest BCUT2D eigenvalue weighted by molar-refractivity contribution is 0.475. The second-order valence-corrected chi connectivity index (χ2v) is 6.07. The number of rotatable bonds is 4. The molecule has 26 heavy (non-hydrogen) atoms. The molecule has 126 valence electrons. The maximum absolute atomic E-state index is 9.82. The zero-order valence-corrected chi connectivity index (χ0v) is 14.5. The molecule has 0 bridgehead atoms. The predicted molar refractivity (Wildman–Crippen MR) is 107 cm³/mol. The number of phenolic OH excluding ortho intramolecular Hbond substituents is 1. The molecule has 0 aliphatic rings. The minimum atomic E-state index is -0.0459. The van der Waals surface area contributed by atoms with E-state index in [1.165, 1.54) is 18.3 Å². The maximum Gasteiger partial charge on any atom is 0.134 e. The Kier molecular flexibility index (Phi) is 5.17. The Morgan fingerprint density at radius 3 is 2.35 bits per heavy atom. The lowest BCUT2D eigenvalue weighted by Gasteiger charge is -2.08. The molecule has 0 heterocycles. The molecule has 3 aromatic carbocycles. The molecular formula is C22H15ClN2O. The van der Waals surface area contributed by atoms with Crippen LogP contribution in [0.1, 0.15) is 22.3 Å². The van der Waals surface area contributed by atoms with E-state index in [1.807, 2.05) is 48.5 Å². The summed E-state index contributed by atoms with van der Waals surface area (Å²) in [4.78, 5) is 0. The first-order chi connectivity index (χ1) is 12.6. The SMILES string of the molecule is N#Cc1c(/C=C/c2cc(O)c(Cl)cc2C=N)cccc1-c1ccccc1. The van der Waals surface area contributed by atoms with E-state index in [1.54, 1.807) is 12.2 Å². The first-order valence-corrected chi connectivity index (χ1v) is 8.31. The van der Waals surface area contributed by atoms with Gasteiger partial charge in [0.1, 0.15) is 11.8 Å². The number of phenols is 1. The zero-order chi connectivity index (χ0) is 18.5. The van der Waals surface area contributed by atoms with E-state index in [9.17, 15) is 10.4 Å². The van der Waals surface area contributed by atoms with E-state index in [0.29, 0.717) is 16.7 Å². The Hall–Kier alpha value is -3.35. The summed E-state index contributed by atoms with van der Waals surface area (Å²) in [6.07, 6.45) is 4.75. The smallest absolute Gasteiger partial charge is 0.134 e. The molecule has 0 atom stereocenters. The van der Waals surface area contributed by atoms with Gasteiger partial charge in [-0.05, 0) is 28.8 Å². The fourth-order valence-electron chi connectivity index (χ4n) is 2.73. The normalized spacial score (nSPS) is 10.6. The van der Waals surface area contributed by atoms with Crippen LogP contribution in [0.25, 0.3) is 23.3 Å². The Morgan fingerprint density at radius 2 is 1.65 bits per heavy atom. The second kappa shape index (κ2) is 7.69. The average molecular weight is 359 g/mol. The highest BCUT2D eigenvalue weighted by Gasteiger charge is 2.09. The Morgan fingerprint density at radius 1 is 0.923 bits per heavy atom. The molecular weight excluding hydrogens is 344 g/mol. The van der Waals surface area contributed by atoms with E-state index in [-0.39, 0.29) is 10.8 Å². The monoisotopic (exact) mass is 358 g/mol. The molecule has 0 aliphatic heterocycles. The van der Waals surface area contributed by atoms with Crippen LogP contribution in [-0.4, -0.2) is 11.3 Å². The molecule has 3 rings (SSSR count). The van der Waals surface area contributed by atoms with Gasteiger partial charge in [-0.15, -0.1) is 0 Å². The first-order valence-electron chi connectivity index (χ1n) is 7.93. The van der Waals surface area contributed by atoms with Crippen molar-refractivity contribution in [3.05, 3.63) is 87.9 Å². The van der Waals surface area contributed by atoms with Crippen molar-refractivity contribution in [1.29, 1.82) is 10.7 Å². The van der Waals surface area contributed by atoms with Crippen LogP contribution < -0.4 is 0 Å². The molecule has 0 aromatic heterocycles. The van der Waals surface area contributed by atoms with E-state index >= 15 is 0 Å². The fourth-order valence-corrected chi connectivity index (χ4v) is 2.91. The van der Waals surface area contributed by atoms with Gasteiger partial charge < -0.3 is 10.5 Å². The van der Waals surface area contributed by atoms with Crippen molar-refractivity contribution in [2.45, 2.75) is 0 Å². The Labute approximate surface area is 156 Å². The van der Waals surface area contributed by atoms with Crippen molar-refractivity contribution >= 4 is 30.0 Å². The van der Waals surface area contributed by atoms with Crippen molar-refractivity contribution in [2.24, 2.45) is 0 Å². The number of nitrogens with one attached hydrogen (secondary N) is 1. The van der Waals surface area contributed by atoms with Gasteiger partial charge in [0.05, 0.1) is 10.6 Å². The quantitative estimate of drug-likeness (QED) is 0.460. The van der Waals surface area contributed by atoms with Gasteiger partial charge in [0, 0.05) is 17.3 Å². The van der Waals surface area contributed by atoms with Crippen molar-refractivity contribution < 1.29 is 5.11 Å². The molecule has 0 spiro atoms. The number of nitriles is 1. The van der Waals surface area contributed by atoms with Gasteiger partial charge in [-0.1, -0.05) is 72.3 Å². The number of aromatic hydroxyl groups is 1. The van der Waals surface area contributed by atoms with Crippen molar-refractivity contribution in [3.8, 4) is 22.9 Å². The largest absolute Gasteiger partial charge is 0.506 e. The van der Waals surface area contributed by atoms with Crippen molar-refractivity contribution in [2.75, 3.05) is 0 Å². The van der Waals surface area contributed by atoms with Crippen LogP contribution in [0.5, 0.6) is 5.75 Å². The highest BCUT2D eigenvalue weighted by Crippen LogP contribution is 2.29. The summed E-state index contributed by atoms with van der Waals surface area (Å²) in [5.41, 5.74) is 4.41. The van der Waals surface area contributed by atoms with E-state index in [2.05, 4.69) is 6.07 Å². The number of halogens is 1. The summed E-state index contributed by atoms with van der Waals surface area (Å²) in [6, 6.07) is 20.7. The van der Waals surface area contributed by atoms with Crippen LogP contribution in [0.15, 0.2) is 60.7 Å². The zero-order valence-electron chi connectivity index (χ0n) is 13.8. The molecule has 0 radical (unpaired) electrons. The van der Waals surface area contributed by atoms with E-state index < -0.39 is 0 Å². The number of hydrogen-bond acceptors (Lipinski definition) is 3. The molecule has 4 heteroatoms. The molecule has 3 nitrogen and oxygen atoms in total. The number of nitrogens with zero attached hydrogens (tertiary/aromatic N) is 1. The van der Waals surface area contributed by atoms with Crippen LogP contribution >= 0.6 is 11.6 Å². The van der Waals surface area contributed by atoms with E-state index in [4.69, 9.17) is 17.0 Å². The molecule has 0 amide bonds. The van der Waals surface area contributed by atoms with Crippen LogP contribution in [0.2, 0.25) is 5.02 Å². The van der Waals surface area contributed by atoms with Crippen molar-refractivity contribution in [1.82, 2.24) is 0 Å². The number of hydrogen-bond donors (Lipinski definition) is 2. The minimum absolute atomic E-state index is 0.0459. The molecule has 0 saturated heterocycles. The first kappa shape index (κ1) is 17.5. The van der Waals surface area contributed by atoms with Crippen LogP contribution in [-0.2, 0) is 0 Å². The van der Waals surface area contributed by atoms with Gasteiger partial charge in [-0.2, -0.15) is 5.26 Å². The molecule has 0 saturated carbocycles. The molecule has 3 aromatic rings. The topological polar surface area (TPSA) is 67.9 Å². The van der Waals surface area contributed by atoms with Crippen LogP contribution in [0.3, 0.4) is 0 Å². The number of benzene rings is 3. The van der Waals surface area contributed by atoms with Gasteiger partial charge in [0.15, 0.2) is 0 Å². The molecule has 0 aliphatic carbocycles. The molecule has 2 N–H and O–H groups in total. The van der Waals surface area contributed by atoms with Gasteiger partial charge in [0.25, 0.3) is 0 Å².